The monoisotopic (exact) mass is 367 g/mol. The molecule has 24 heavy (non-hydrogen) atoms. The summed E-state index contributed by atoms with van der Waals surface area (Å²) < 4.78 is 45.1. The molecule has 1 aliphatic carbocycles. The maximum absolute atomic E-state index is 13.1. The van der Waals surface area contributed by atoms with Crippen LogP contribution in [-0.2, 0) is 18.5 Å². The lowest BCUT2D eigenvalue weighted by Crippen LogP contribution is -2.46. The minimum atomic E-state index is -4.21. The summed E-state index contributed by atoms with van der Waals surface area (Å²) in [4.78, 5) is 4.35. The minimum absolute atomic E-state index is 0. The Hall–Kier alpha value is -1.45. The summed E-state index contributed by atoms with van der Waals surface area (Å²) in [7, 11) is 1.70. The van der Waals surface area contributed by atoms with Crippen LogP contribution >= 0.6 is 12.4 Å². The molecule has 0 aromatic carbocycles. The van der Waals surface area contributed by atoms with Crippen LogP contribution in [0.5, 0.6) is 0 Å². The van der Waals surface area contributed by atoms with Crippen LogP contribution in [0.1, 0.15) is 29.9 Å². The normalized spacial score (nSPS) is 25.9. The third-order valence-corrected chi connectivity index (χ3v) is 4.58. The number of nitrogens with zero attached hydrogens (tertiary/aromatic N) is 1. The van der Waals surface area contributed by atoms with Gasteiger partial charge in [0.15, 0.2) is 17.4 Å². The van der Waals surface area contributed by atoms with E-state index in [9.17, 15) is 13.2 Å². The smallest absolute Gasteiger partial charge is 0.392 e. The van der Waals surface area contributed by atoms with E-state index in [2.05, 4.69) is 15.6 Å². The first-order valence-corrected chi connectivity index (χ1v) is 7.54. The molecule has 10 heteroatoms. The first kappa shape index (κ1) is 18.9. The summed E-state index contributed by atoms with van der Waals surface area (Å²) in [6.07, 6.45) is -3.62. The predicted molar refractivity (Wildman–Crippen MR) is 87.2 cm³/mol. The number of hydrogen-bond donors (Lipinski definition) is 4. The molecule has 0 bridgehead atoms. The van der Waals surface area contributed by atoms with Gasteiger partial charge in [-0.1, -0.05) is 0 Å². The number of halogens is 4. The number of anilines is 1. The van der Waals surface area contributed by atoms with Gasteiger partial charge in [0.05, 0.1) is 11.6 Å². The first-order valence-electron chi connectivity index (χ1n) is 7.54. The quantitative estimate of drug-likeness (QED) is 0.653. The molecule has 1 aromatic heterocycles. The number of furan rings is 1. The van der Waals surface area contributed by atoms with Crippen molar-refractivity contribution in [3.8, 4) is 0 Å². The van der Waals surface area contributed by atoms with E-state index in [1.807, 2.05) is 0 Å². The van der Waals surface area contributed by atoms with Crippen LogP contribution in [0, 0.1) is 5.92 Å². The molecule has 1 aromatic rings. The van der Waals surface area contributed by atoms with Gasteiger partial charge < -0.3 is 21.2 Å². The Morgan fingerprint density at radius 2 is 2.17 bits per heavy atom. The second-order valence-electron chi connectivity index (χ2n) is 5.96. The fourth-order valence-electron chi connectivity index (χ4n) is 3.37. The predicted octanol–water partition coefficient (Wildman–Crippen LogP) is 1.83. The van der Waals surface area contributed by atoms with Crippen LogP contribution in [0.3, 0.4) is 0 Å². The van der Waals surface area contributed by atoms with Gasteiger partial charge in [0.2, 0.25) is 0 Å². The molecule has 2 atom stereocenters. The number of alkyl halides is 3. The Balaban J connectivity index is 0.00000208. The molecule has 0 saturated heterocycles. The summed E-state index contributed by atoms with van der Waals surface area (Å²) in [5, 5.41) is 5.93. The maximum atomic E-state index is 13.1. The Kier molecular flexibility index (Phi) is 5.08. The van der Waals surface area contributed by atoms with E-state index in [4.69, 9.17) is 15.9 Å². The third kappa shape index (κ3) is 2.96. The molecule has 2 unspecified atom stereocenters. The van der Waals surface area contributed by atoms with Crippen LogP contribution in [0.4, 0.5) is 18.9 Å². The second-order valence-corrected chi connectivity index (χ2v) is 5.96. The van der Waals surface area contributed by atoms with Crippen molar-refractivity contribution in [3.05, 3.63) is 17.1 Å². The van der Waals surface area contributed by atoms with E-state index < -0.39 is 17.8 Å². The Morgan fingerprint density at radius 3 is 2.75 bits per heavy atom. The summed E-state index contributed by atoms with van der Waals surface area (Å²) in [5.41, 5.74) is 11.6. The number of aryl methyl sites for hydroxylation is 1. The Bertz CT molecular complexity index is 645. The molecule has 1 aliphatic heterocycles. The number of nitrogens with two attached hydrogens (primary N) is 2. The molecule has 0 radical (unpaired) electrons. The lowest BCUT2D eigenvalue weighted by atomic mass is 9.86. The van der Waals surface area contributed by atoms with Crippen LogP contribution in [0.15, 0.2) is 9.41 Å². The Morgan fingerprint density at radius 1 is 1.46 bits per heavy atom. The number of rotatable bonds is 3. The zero-order chi connectivity index (χ0) is 16.8. The average Bonchev–Trinajstić information content (AvgIpc) is 2.85. The second kappa shape index (κ2) is 6.45. The highest BCUT2D eigenvalue weighted by atomic mass is 35.5. The lowest BCUT2D eigenvalue weighted by molar-refractivity contribution is -0.177. The third-order valence-electron chi connectivity index (χ3n) is 4.58. The van der Waals surface area contributed by atoms with Gasteiger partial charge in [0.1, 0.15) is 5.76 Å². The molecule has 2 aliphatic rings. The summed E-state index contributed by atoms with van der Waals surface area (Å²) in [6.45, 7) is 0.327. The zero-order valence-corrected chi connectivity index (χ0v) is 14.0. The minimum Gasteiger partial charge on any atom is -0.459 e. The molecule has 6 nitrogen and oxygen atoms in total. The van der Waals surface area contributed by atoms with E-state index in [1.165, 1.54) is 0 Å². The van der Waals surface area contributed by atoms with Gasteiger partial charge in [-0.05, 0) is 26.4 Å². The highest BCUT2D eigenvalue weighted by Gasteiger charge is 2.46. The molecule has 0 amide bonds. The van der Waals surface area contributed by atoms with E-state index in [-0.39, 0.29) is 37.6 Å². The van der Waals surface area contributed by atoms with E-state index in [1.54, 1.807) is 7.05 Å². The van der Waals surface area contributed by atoms with Gasteiger partial charge >= 0.3 is 6.18 Å². The molecule has 0 fully saturated rings. The highest BCUT2D eigenvalue weighted by molar-refractivity contribution is 5.96. The molecule has 0 saturated carbocycles. The number of guanidine groups is 1. The van der Waals surface area contributed by atoms with Gasteiger partial charge in [-0.15, -0.1) is 12.4 Å². The van der Waals surface area contributed by atoms with Crippen molar-refractivity contribution in [1.82, 2.24) is 5.32 Å². The van der Waals surface area contributed by atoms with Crippen molar-refractivity contribution in [2.24, 2.45) is 22.4 Å². The van der Waals surface area contributed by atoms with Crippen LogP contribution in [-0.4, -0.2) is 25.7 Å². The van der Waals surface area contributed by atoms with Crippen molar-refractivity contribution < 1.29 is 17.6 Å². The zero-order valence-electron chi connectivity index (χ0n) is 13.2. The Labute approximate surface area is 143 Å². The van der Waals surface area contributed by atoms with Crippen molar-refractivity contribution in [2.75, 3.05) is 18.9 Å². The highest BCUT2D eigenvalue weighted by Crippen LogP contribution is 2.46. The van der Waals surface area contributed by atoms with Crippen LogP contribution < -0.4 is 22.1 Å². The summed E-state index contributed by atoms with van der Waals surface area (Å²) in [5.74, 6) is -0.188. The van der Waals surface area contributed by atoms with E-state index in [0.29, 0.717) is 35.7 Å². The largest absolute Gasteiger partial charge is 0.459 e. The molecule has 2 heterocycles. The van der Waals surface area contributed by atoms with Gasteiger partial charge in [-0.2, -0.15) is 13.2 Å². The number of nitrogens with one attached hydrogen (secondary N) is 2. The molecule has 3 rings (SSSR count). The van der Waals surface area contributed by atoms with Crippen molar-refractivity contribution in [2.45, 2.75) is 37.5 Å². The summed E-state index contributed by atoms with van der Waals surface area (Å²) >= 11 is 0. The van der Waals surface area contributed by atoms with E-state index in [0.717, 1.165) is 0 Å². The van der Waals surface area contributed by atoms with Crippen molar-refractivity contribution >= 4 is 24.1 Å². The maximum Gasteiger partial charge on any atom is 0.392 e. The van der Waals surface area contributed by atoms with Gasteiger partial charge in [-0.3, -0.25) is 5.32 Å². The van der Waals surface area contributed by atoms with Crippen LogP contribution in [0.25, 0.3) is 0 Å². The number of fused-ring (bicyclic) bond motifs is 3. The van der Waals surface area contributed by atoms with Crippen molar-refractivity contribution in [3.63, 3.8) is 0 Å². The summed E-state index contributed by atoms with van der Waals surface area (Å²) in [6, 6.07) is 0. The van der Waals surface area contributed by atoms with Gasteiger partial charge in [0.25, 0.3) is 0 Å². The molecule has 6 N–H and O–H groups in total. The first-order chi connectivity index (χ1) is 10.8. The topological polar surface area (TPSA) is 102 Å². The fraction of sp³-hybridized carbons (Fsp3) is 0.643. The molecule has 136 valence electrons. The van der Waals surface area contributed by atoms with Crippen molar-refractivity contribution in [1.29, 1.82) is 0 Å². The number of aliphatic imine (C=N–C) groups is 1. The molecular formula is C14H21ClF3N5O. The van der Waals surface area contributed by atoms with Crippen LogP contribution in [0.2, 0.25) is 0 Å². The molecule has 0 spiro atoms. The SMILES string of the molecule is CNC1(CCN)N=C(N)Nc2c1oc1c2CC(C(F)(F)F)CC1.Cl. The standard InChI is InChI=1S/C14H20F3N5O.ClH/c1-20-13(4-5-18)11-10(21-12(19)22-13)8-6-7(14(15,16)17)2-3-9(8)23-11;/h7,20H,2-6,18H2,1H3,(H3,19,21,22);1H. The lowest BCUT2D eigenvalue weighted by Gasteiger charge is -2.32. The fourth-order valence-corrected chi connectivity index (χ4v) is 3.37. The molecular weight excluding hydrogens is 347 g/mol. The average molecular weight is 368 g/mol. The van der Waals surface area contributed by atoms with Gasteiger partial charge in [-0.25, -0.2) is 4.99 Å². The van der Waals surface area contributed by atoms with E-state index >= 15 is 0 Å². The number of hydrogen-bond acceptors (Lipinski definition) is 6. The van der Waals surface area contributed by atoms with Gasteiger partial charge in [0, 0.05) is 18.4 Å².